The molecule has 0 bridgehead atoms. The van der Waals surface area contributed by atoms with Crippen LogP contribution in [0.3, 0.4) is 0 Å². The fourth-order valence-corrected chi connectivity index (χ4v) is 1.97. The molecule has 0 aliphatic carbocycles. The van der Waals surface area contributed by atoms with Crippen molar-refractivity contribution < 1.29 is 0 Å². The molecule has 0 radical (unpaired) electrons. The Labute approximate surface area is 84.4 Å². The lowest BCUT2D eigenvalue weighted by molar-refractivity contribution is 1.10. The van der Waals surface area contributed by atoms with E-state index in [1.807, 2.05) is 17.5 Å². The summed E-state index contributed by atoms with van der Waals surface area (Å²) in [5.41, 5.74) is 6.56. The molecule has 2 rings (SSSR count). The van der Waals surface area contributed by atoms with Crippen molar-refractivity contribution in [1.29, 1.82) is 0 Å². The van der Waals surface area contributed by atoms with Crippen LogP contribution >= 0.6 is 11.3 Å². The predicted molar refractivity (Wildman–Crippen MR) is 57.3 cm³/mol. The van der Waals surface area contributed by atoms with Crippen LogP contribution in [0.15, 0.2) is 22.3 Å². The summed E-state index contributed by atoms with van der Waals surface area (Å²) in [6.45, 7) is 1.74. The topological polar surface area (TPSA) is 71.8 Å². The van der Waals surface area contributed by atoms with Gasteiger partial charge in [-0.15, -0.1) is 11.3 Å². The summed E-state index contributed by atoms with van der Waals surface area (Å²) in [5, 5.41) is 1.94. The molecule has 0 aliphatic heterocycles. The highest BCUT2D eigenvalue weighted by atomic mass is 32.1. The Hall–Kier alpha value is -1.62. The number of nitrogen functional groups attached to an aromatic ring is 1. The van der Waals surface area contributed by atoms with Crippen LogP contribution in [0.1, 0.15) is 5.56 Å². The molecule has 0 spiro atoms. The van der Waals surface area contributed by atoms with E-state index in [-0.39, 0.29) is 11.5 Å². The quantitative estimate of drug-likeness (QED) is 0.742. The first-order chi connectivity index (χ1) is 6.68. The summed E-state index contributed by atoms with van der Waals surface area (Å²) >= 11 is 1.54. The number of nitrogens with one attached hydrogen (secondary N) is 1. The van der Waals surface area contributed by atoms with Crippen molar-refractivity contribution in [2.75, 3.05) is 5.73 Å². The van der Waals surface area contributed by atoms with Gasteiger partial charge in [0, 0.05) is 5.56 Å². The lowest BCUT2D eigenvalue weighted by atomic mass is 10.2. The molecule has 0 amide bonds. The van der Waals surface area contributed by atoms with Crippen molar-refractivity contribution in [3.63, 3.8) is 0 Å². The highest BCUT2D eigenvalue weighted by Crippen LogP contribution is 2.24. The summed E-state index contributed by atoms with van der Waals surface area (Å²) in [6.07, 6.45) is 0. The third-order valence-corrected chi connectivity index (χ3v) is 2.80. The molecule has 0 saturated carbocycles. The Balaban J connectivity index is 2.70. The molecule has 0 unspecified atom stereocenters. The standard InChI is InChI=1S/C9H9N3OS/c1-5-7(6-3-2-4-14-6)11-9(10)12-8(5)13/h2-4H,1H3,(H3,10,11,12,13). The van der Waals surface area contributed by atoms with Gasteiger partial charge in [0.2, 0.25) is 5.95 Å². The van der Waals surface area contributed by atoms with Crippen LogP contribution in [0.4, 0.5) is 5.95 Å². The zero-order valence-corrected chi connectivity index (χ0v) is 8.39. The molecule has 0 fully saturated rings. The van der Waals surface area contributed by atoms with E-state index in [9.17, 15) is 4.79 Å². The number of thiophene rings is 1. The first kappa shape index (κ1) is 8.96. The maximum absolute atomic E-state index is 11.4. The number of nitrogens with two attached hydrogens (primary N) is 1. The maximum Gasteiger partial charge on any atom is 0.255 e. The number of hydrogen-bond donors (Lipinski definition) is 2. The predicted octanol–water partition coefficient (Wildman–Crippen LogP) is 1.39. The van der Waals surface area contributed by atoms with Crippen LogP contribution in [0, 0.1) is 6.92 Å². The Bertz CT molecular complexity index is 501. The van der Waals surface area contributed by atoms with Gasteiger partial charge in [-0.25, -0.2) is 4.98 Å². The van der Waals surface area contributed by atoms with E-state index in [0.717, 1.165) is 4.88 Å². The first-order valence-corrected chi connectivity index (χ1v) is 4.96. The number of hydrogen-bond acceptors (Lipinski definition) is 4. The van der Waals surface area contributed by atoms with Gasteiger partial charge in [0.1, 0.15) is 0 Å². The number of aromatic amines is 1. The van der Waals surface area contributed by atoms with Gasteiger partial charge in [-0.2, -0.15) is 0 Å². The largest absolute Gasteiger partial charge is 0.369 e. The summed E-state index contributed by atoms with van der Waals surface area (Å²) in [7, 11) is 0. The van der Waals surface area contributed by atoms with Crippen molar-refractivity contribution >= 4 is 17.3 Å². The van der Waals surface area contributed by atoms with Gasteiger partial charge in [-0.1, -0.05) is 6.07 Å². The van der Waals surface area contributed by atoms with Crippen molar-refractivity contribution in [2.24, 2.45) is 0 Å². The molecule has 0 aliphatic rings. The fourth-order valence-electron chi connectivity index (χ4n) is 1.20. The third-order valence-electron chi connectivity index (χ3n) is 1.92. The molecule has 14 heavy (non-hydrogen) atoms. The summed E-state index contributed by atoms with van der Waals surface area (Å²) in [6, 6.07) is 3.83. The van der Waals surface area contributed by atoms with E-state index in [1.54, 1.807) is 6.92 Å². The lowest BCUT2D eigenvalue weighted by Gasteiger charge is -2.01. The van der Waals surface area contributed by atoms with Gasteiger partial charge in [0.25, 0.3) is 5.56 Å². The van der Waals surface area contributed by atoms with E-state index in [1.165, 1.54) is 11.3 Å². The van der Waals surface area contributed by atoms with E-state index in [4.69, 9.17) is 5.73 Å². The van der Waals surface area contributed by atoms with Crippen LogP contribution in [0.5, 0.6) is 0 Å². The summed E-state index contributed by atoms with van der Waals surface area (Å²) in [4.78, 5) is 18.9. The first-order valence-electron chi connectivity index (χ1n) is 4.09. The van der Waals surface area contributed by atoms with Crippen molar-refractivity contribution in [1.82, 2.24) is 9.97 Å². The summed E-state index contributed by atoms with van der Waals surface area (Å²) < 4.78 is 0. The highest BCUT2D eigenvalue weighted by molar-refractivity contribution is 7.13. The molecule has 0 atom stereocenters. The van der Waals surface area contributed by atoms with Crippen molar-refractivity contribution in [2.45, 2.75) is 6.92 Å². The second-order valence-electron chi connectivity index (χ2n) is 2.90. The second-order valence-corrected chi connectivity index (χ2v) is 3.85. The minimum atomic E-state index is -0.180. The number of anilines is 1. The highest BCUT2D eigenvalue weighted by Gasteiger charge is 2.08. The van der Waals surface area contributed by atoms with Crippen LogP contribution in [0.25, 0.3) is 10.6 Å². The number of rotatable bonds is 1. The van der Waals surface area contributed by atoms with Gasteiger partial charge < -0.3 is 5.73 Å². The van der Waals surface area contributed by atoms with E-state index in [0.29, 0.717) is 11.3 Å². The molecule has 0 saturated heterocycles. The number of H-pyrrole nitrogens is 1. The average molecular weight is 207 g/mol. The number of nitrogens with zero attached hydrogens (tertiary/aromatic N) is 1. The van der Waals surface area contributed by atoms with E-state index >= 15 is 0 Å². The van der Waals surface area contributed by atoms with Gasteiger partial charge in [0.05, 0.1) is 10.6 Å². The van der Waals surface area contributed by atoms with Gasteiger partial charge in [0.15, 0.2) is 0 Å². The smallest absolute Gasteiger partial charge is 0.255 e. The van der Waals surface area contributed by atoms with Crippen LogP contribution in [0.2, 0.25) is 0 Å². The van der Waals surface area contributed by atoms with Crippen LogP contribution in [-0.4, -0.2) is 9.97 Å². The molecule has 4 nitrogen and oxygen atoms in total. The zero-order chi connectivity index (χ0) is 10.1. The van der Waals surface area contributed by atoms with Gasteiger partial charge in [-0.05, 0) is 18.4 Å². The van der Waals surface area contributed by atoms with Crippen LogP contribution < -0.4 is 11.3 Å². The SMILES string of the molecule is Cc1c(-c2cccs2)nc(N)[nH]c1=O. The zero-order valence-electron chi connectivity index (χ0n) is 7.57. The van der Waals surface area contributed by atoms with Gasteiger partial charge in [-0.3, -0.25) is 9.78 Å². The Morgan fingerprint density at radius 3 is 3.00 bits per heavy atom. The Morgan fingerprint density at radius 1 is 1.57 bits per heavy atom. The Kier molecular flexibility index (Phi) is 2.09. The molecular formula is C9H9N3OS. The molecule has 0 aromatic carbocycles. The minimum Gasteiger partial charge on any atom is -0.369 e. The lowest BCUT2D eigenvalue weighted by Crippen LogP contribution is -2.15. The van der Waals surface area contributed by atoms with Crippen molar-refractivity contribution in [3.05, 3.63) is 33.4 Å². The second kappa shape index (κ2) is 3.26. The normalized spacial score (nSPS) is 10.4. The molecule has 2 aromatic rings. The molecule has 3 N–H and O–H groups in total. The van der Waals surface area contributed by atoms with E-state index < -0.39 is 0 Å². The Morgan fingerprint density at radius 2 is 2.36 bits per heavy atom. The fraction of sp³-hybridized carbons (Fsp3) is 0.111. The molecular weight excluding hydrogens is 198 g/mol. The third kappa shape index (κ3) is 1.42. The molecule has 2 aromatic heterocycles. The monoisotopic (exact) mass is 207 g/mol. The van der Waals surface area contributed by atoms with Gasteiger partial charge >= 0.3 is 0 Å². The van der Waals surface area contributed by atoms with Crippen LogP contribution in [-0.2, 0) is 0 Å². The average Bonchev–Trinajstić information content (AvgIpc) is 2.63. The number of aromatic nitrogens is 2. The van der Waals surface area contributed by atoms with E-state index in [2.05, 4.69) is 9.97 Å². The molecule has 72 valence electrons. The molecule has 2 heterocycles. The minimum absolute atomic E-state index is 0.156. The molecule has 5 heteroatoms. The van der Waals surface area contributed by atoms with Crippen molar-refractivity contribution in [3.8, 4) is 10.6 Å². The summed E-state index contributed by atoms with van der Waals surface area (Å²) in [5.74, 6) is 0.156. The maximum atomic E-state index is 11.4.